The minimum absolute atomic E-state index is 0.202. The van der Waals surface area contributed by atoms with E-state index in [0.29, 0.717) is 6.04 Å². The Labute approximate surface area is 120 Å². The van der Waals surface area contributed by atoms with E-state index in [1.165, 1.54) is 25.7 Å². The van der Waals surface area contributed by atoms with E-state index >= 15 is 0 Å². The second-order valence-corrected chi connectivity index (χ2v) is 6.72. The summed E-state index contributed by atoms with van der Waals surface area (Å²) in [5.74, 6) is 1.45. The van der Waals surface area contributed by atoms with Crippen LogP contribution in [0.4, 0.5) is 0 Å². The van der Waals surface area contributed by atoms with Crippen LogP contribution in [-0.4, -0.2) is 34.5 Å². The van der Waals surface area contributed by atoms with Gasteiger partial charge < -0.3 is 16.0 Å². The van der Waals surface area contributed by atoms with Gasteiger partial charge in [0.1, 0.15) is 6.04 Å². The van der Waals surface area contributed by atoms with Crippen LogP contribution in [0.25, 0.3) is 0 Å². The summed E-state index contributed by atoms with van der Waals surface area (Å²) in [6.07, 6.45) is 8.35. The van der Waals surface area contributed by atoms with Crippen LogP contribution in [0, 0.1) is 11.8 Å². The fourth-order valence-corrected chi connectivity index (χ4v) is 4.50. The van der Waals surface area contributed by atoms with E-state index < -0.39 is 0 Å². The topological polar surface area (TPSA) is 58.4 Å². The normalized spacial score (nSPS) is 37.4. The lowest BCUT2D eigenvalue weighted by Gasteiger charge is -2.37. The van der Waals surface area contributed by atoms with Crippen LogP contribution in [0.15, 0.2) is 0 Å². The van der Waals surface area contributed by atoms with Gasteiger partial charge in [0.25, 0.3) is 0 Å². The van der Waals surface area contributed by atoms with Crippen LogP contribution in [-0.2, 0) is 4.79 Å². The Balaban J connectivity index is 1.61. The molecule has 0 aromatic carbocycles. The van der Waals surface area contributed by atoms with Gasteiger partial charge in [0.05, 0.1) is 0 Å². The van der Waals surface area contributed by atoms with Crippen molar-refractivity contribution in [2.75, 3.05) is 6.54 Å². The van der Waals surface area contributed by atoms with E-state index in [0.717, 1.165) is 42.8 Å². The number of amides is 1. The molecule has 1 heterocycles. The van der Waals surface area contributed by atoms with Crippen molar-refractivity contribution >= 4 is 23.2 Å². The van der Waals surface area contributed by atoms with Crippen molar-refractivity contribution in [3.8, 4) is 0 Å². The molecule has 0 unspecified atom stereocenters. The molecule has 3 N–H and O–H groups in total. The molecule has 1 amide bonds. The van der Waals surface area contributed by atoms with Crippen molar-refractivity contribution in [3.05, 3.63) is 0 Å². The first kappa shape index (κ1) is 13.2. The van der Waals surface area contributed by atoms with Crippen molar-refractivity contribution in [3.63, 3.8) is 0 Å². The van der Waals surface area contributed by atoms with E-state index in [9.17, 15) is 4.79 Å². The van der Waals surface area contributed by atoms with Crippen molar-refractivity contribution in [2.45, 2.75) is 57.0 Å². The third-order valence-electron chi connectivity index (χ3n) is 5.14. The largest absolute Gasteiger partial charge is 0.368 e. The number of nitrogens with one attached hydrogen (secondary N) is 1. The fourth-order valence-electron chi connectivity index (χ4n) is 4.13. The number of rotatable bonds is 2. The fraction of sp³-hybridized carbons (Fsp3) is 0.857. The first-order valence-corrected chi connectivity index (χ1v) is 7.92. The smallest absolute Gasteiger partial charge is 0.240 e. The van der Waals surface area contributed by atoms with Gasteiger partial charge in [0.2, 0.25) is 5.91 Å². The number of piperidine rings is 1. The number of nitrogens with zero attached hydrogens (tertiary/aromatic N) is 1. The van der Waals surface area contributed by atoms with E-state index in [4.69, 9.17) is 18.0 Å². The third-order valence-corrected chi connectivity index (χ3v) is 5.49. The van der Waals surface area contributed by atoms with Gasteiger partial charge in [-0.15, -0.1) is 0 Å². The molecular weight excluding hydrogens is 258 g/mol. The SMILES string of the molecule is NC(=O)[C@@H]1CCCCN1C(=S)N[C@@H]1C[C@H]2CC[C@H]1C2. The molecule has 0 aromatic rings. The molecule has 0 spiro atoms. The van der Waals surface area contributed by atoms with Crippen molar-refractivity contribution < 1.29 is 4.79 Å². The Hall–Kier alpha value is -0.840. The van der Waals surface area contributed by atoms with Gasteiger partial charge in [-0.1, -0.05) is 6.42 Å². The standard InChI is InChI=1S/C14H23N3OS/c15-13(18)12-3-1-2-6-17(12)14(19)16-11-8-9-4-5-10(11)7-9/h9-12H,1-8H2,(H2,15,18)(H,16,19)/t9-,10-,11+,12-/m0/s1. The summed E-state index contributed by atoms with van der Waals surface area (Å²) in [4.78, 5) is 13.5. The highest BCUT2D eigenvalue weighted by atomic mass is 32.1. The van der Waals surface area contributed by atoms with Gasteiger partial charge in [-0.2, -0.15) is 0 Å². The zero-order valence-corrected chi connectivity index (χ0v) is 12.1. The number of thiocarbonyl (C=S) groups is 1. The van der Waals surface area contributed by atoms with E-state index in [1.54, 1.807) is 0 Å². The molecule has 2 saturated carbocycles. The van der Waals surface area contributed by atoms with Gasteiger partial charge in [-0.3, -0.25) is 4.79 Å². The molecule has 1 saturated heterocycles. The highest BCUT2D eigenvalue weighted by Gasteiger charge is 2.40. The third kappa shape index (κ3) is 2.57. The predicted octanol–water partition coefficient (Wildman–Crippen LogP) is 1.39. The Bertz CT molecular complexity index is 387. The second kappa shape index (κ2) is 5.27. The number of fused-ring (bicyclic) bond motifs is 2. The first-order valence-electron chi connectivity index (χ1n) is 7.51. The number of nitrogens with two attached hydrogens (primary N) is 1. The number of carbonyl (C=O) groups excluding carboxylic acids is 1. The second-order valence-electron chi connectivity index (χ2n) is 6.34. The lowest BCUT2D eigenvalue weighted by Crippen LogP contribution is -2.55. The monoisotopic (exact) mass is 281 g/mol. The quantitative estimate of drug-likeness (QED) is 0.751. The van der Waals surface area contributed by atoms with Gasteiger partial charge in [-0.05, 0) is 62.6 Å². The van der Waals surface area contributed by atoms with Crippen LogP contribution in [0.2, 0.25) is 0 Å². The molecule has 5 heteroatoms. The molecule has 2 bridgehead atoms. The van der Waals surface area contributed by atoms with Crippen molar-refractivity contribution in [1.29, 1.82) is 0 Å². The zero-order valence-electron chi connectivity index (χ0n) is 11.3. The van der Waals surface area contributed by atoms with Crippen molar-refractivity contribution in [1.82, 2.24) is 10.2 Å². The Morgan fingerprint density at radius 3 is 2.68 bits per heavy atom. The maximum atomic E-state index is 11.5. The predicted molar refractivity (Wildman–Crippen MR) is 78.5 cm³/mol. The highest BCUT2D eigenvalue weighted by molar-refractivity contribution is 7.80. The van der Waals surface area contributed by atoms with Crippen LogP contribution >= 0.6 is 12.2 Å². The molecule has 19 heavy (non-hydrogen) atoms. The molecule has 3 fully saturated rings. The summed E-state index contributed by atoms with van der Waals surface area (Å²) in [5, 5.41) is 4.27. The minimum atomic E-state index is -0.239. The Morgan fingerprint density at radius 2 is 2.05 bits per heavy atom. The summed E-state index contributed by atoms with van der Waals surface area (Å²) in [5.41, 5.74) is 5.50. The number of likely N-dealkylation sites (tertiary alicyclic amines) is 1. The summed E-state index contributed by atoms with van der Waals surface area (Å²) in [7, 11) is 0. The minimum Gasteiger partial charge on any atom is -0.368 e. The summed E-state index contributed by atoms with van der Waals surface area (Å²) in [6.45, 7) is 0.861. The molecule has 0 radical (unpaired) electrons. The Kier molecular flexibility index (Phi) is 3.65. The first-order chi connectivity index (χ1) is 9.15. The molecule has 3 rings (SSSR count). The van der Waals surface area contributed by atoms with Gasteiger partial charge >= 0.3 is 0 Å². The number of primary amides is 1. The Morgan fingerprint density at radius 1 is 1.21 bits per heavy atom. The molecule has 4 nitrogen and oxygen atoms in total. The van der Waals surface area contributed by atoms with E-state index in [2.05, 4.69) is 5.32 Å². The van der Waals surface area contributed by atoms with Crippen LogP contribution < -0.4 is 11.1 Å². The van der Waals surface area contributed by atoms with Crippen molar-refractivity contribution in [2.24, 2.45) is 17.6 Å². The maximum absolute atomic E-state index is 11.5. The molecule has 106 valence electrons. The maximum Gasteiger partial charge on any atom is 0.240 e. The van der Waals surface area contributed by atoms with Crippen LogP contribution in [0.3, 0.4) is 0 Å². The molecule has 0 aromatic heterocycles. The lowest BCUT2D eigenvalue weighted by molar-refractivity contribution is -0.122. The number of hydrogen-bond donors (Lipinski definition) is 2. The van der Waals surface area contributed by atoms with E-state index in [1.807, 2.05) is 4.90 Å². The van der Waals surface area contributed by atoms with Gasteiger partial charge in [0.15, 0.2) is 5.11 Å². The summed E-state index contributed by atoms with van der Waals surface area (Å²) >= 11 is 5.53. The van der Waals surface area contributed by atoms with E-state index in [-0.39, 0.29) is 11.9 Å². The van der Waals surface area contributed by atoms with Crippen LogP contribution in [0.5, 0.6) is 0 Å². The molecular formula is C14H23N3OS. The molecule has 1 aliphatic heterocycles. The summed E-state index contributed by atoms with van der Waals surface area (Å²) in [6, 6.07) is 0.328. The van der Waals surface area contributed by atoms with Crippen LogP contribution in [0.1, 0.15) is 44.9 Å². The number of carbonyl (C=O) groups is 1. The number of hydrogen-bond acceptors (Lipinski definition) is 2. The van der Waals surface area contributed by atoms with Gasteiger partial charge in [0, 0.05) is 12.6 Å². The molecule has 4 atom stereocenters. The zero-order chi connectivity index (χ0) is 13.4. The highest BCUT2D eigenvalue weighted by Crippen LogP contribution is 2.44. The molecule has 2 aliphatic carbocycles. The average Bonchev–Trinajstić information content (AvgIpc) is 3.01. The average molecular weight is 281 g/mol. The summed E-state index contributed by atoms with van der Waals surface area (Å²) < 4.78 is 0. The lowest BCUT2D eigenvalue weighted by atomic mass is 9.95. The van der Waals surface area contributed by atoms with Gasteiger partial charge in [-0.25, -0.2) is 0 Å². The molecule has 3 aliphatic rings.